The van der Waals surface area contributed by atoms with Crippen molar-refractivity contribution in [3.05, 3.63) is 30.0 Å². The molecule has 0 radical (unpaired) electrons. The van der Waals surface area contributed by atoms with Crippen LogP contribution in [0.25, 0.3) is 10.9 Å². The number of nitrogens with one attached hydrogen (secondary N) is 1. The van der Waals surface area contributed by atoms with Crippen molar-refractivity contribution in [1.29, 1.82) is 0 Å². The number of hydrogen-bond acceptors (Lipinski definition) is 3. The van der Waals surface area contributed by atoms with Gasteiger partial charge in [-0.25, -0.2) is 0 Å². The first-order valence-electron chi connectivity index (χ1n) is 7.63. The Kier molecular flexibility index (Phi) is 3.92. The average Bonchev–Trinajstić information content (AvgIpc) is 3.12. The van der Waals surface area contributed by atoms with Gasteiger partial charge >= 0.3 is 0 Å². The lowest BCUT2D eigenvalue weighted by Gasteiger charge is -2.27. The van der Waals surface area contributed by atoms with Gasteiger partial charge < -0.3 is 4.90 Å². The highest BCUT2D eigenvalue weighted by molar-refractivity contribution is 6.04. The zero-order chi connectivity index (χ0) is 14.8. The monoisotopic (exact) mass is 286 g/mol. The number of rotatable bonds is 4. The minimum atomic E-state index is -0.00426. The van der Waals surface area contributed by atoms with E-state index in [1.165, 1.54) is 12.8 Å². The average molecular weight is 286 g/mol. The largest absolute Gasteiger partial charge is 0.339 e. The lowest BCUT2D eigenvalue weighted by molar-refractivity contribution is 0.0750. The second-order valence-electron chi connectivity index (χ2n) is 5.73. The molecule has 112 valence electrons. The Balaban J connectivity index is 1.75. The lowest BCUT2D eigenvalue weighted by Crippen LogP contribution is -2.41. The van der Waals surface area contributed by atoms with Gasteiger partial charge in [0, 0.05) is 25.0 Å². The minimum Gasteiger partial charge on any atom is -0.339 e. The summed E-state index contributed by atoms with van der Waals surface area (Å²) in [5.41, 5.74) is 1.43. The van der Waals surface area contributed by atoms with Crippen LogP contribution in [0.3, 0.4) is 0 Å². The number of aromatic nitrogens is 2. The standard InChI is InChI=1S/C16H22N4O/c1-3-20-10-6-7-12(20)11-19(2)16(21)15-13-8-4-5-9-14(13)17-18-15/h4-5,8-9,12H,3,6-7,10-11H2,1-2H3,(H,17,18). The van der Waals surface area contributed by atoms with Gasteiger partial charge in [0.05, 0.1) is 5.52 Å². The summed E-state index contributed by atoms with van der Waals surface area (Å²) in [6.45, 7) is 5.15. The molecule has 0 saturated carbocycles. The van der Waals surface area contributed by atoms with Crippen LogP contribution in [-0.4, -0.2) is 58.6 Å². The molecule has 1 N–H and O–H groups in total. The number of carbonyl (C=O) groups excluding carboxylic acids is 1. The molecule has 0 bridgehead atoms. The molecule has 2 aromatic rings. The van der Waals surface area contributed by atoms with Crippen molar-refractivity contribution < 1.29 is 4.79 Å². The summed E-state index contributed by atoms with van der Waals surface area (Å²) in [6.07, 6.45) is 2.40. The van der Waals surface area contributed by atoms with E-state index in [0.29, 0.717) is 11.7 Å². The van der Waals surface area contributed by atoms with Gasteiger partial charge in [0.2, 0.25) is 0 Å². The predicted octanol–water partition coefficient (Wildman–Crippen LogP) is 2.12. The minimum absolute atomic E-state index is 0.00426. The molecule has 1 saturated heterocycles. The fourth-order valence-electron chi connectivity index (χ4n) is 3.22. The maximum atomic E-state index is 12.6. The number of aromatic amines is 1. The predicted molar refractivity (Wildman–Crippen MR) is 83.3 cm³/mol. The summed E-state index contributed by atoms with van der Waals surface area (Å²) in [4.78, 5) is 16.9. The number of amides is 1. The maximum Gasteiger partial charge on any atom is 0.274 e. The highest BCUT2D eigenvalue weighted by atomic mass is 16.2. The number of likely N-dealkylation sites (N-methyl/N-ethyl adjacent to an activating group) is 2. The maximum absolute atomic E-state index is 12.6. The van der Waals surface area contributed by atoms with Crippen LogP contribution in [-0.2, 0) is 0 Å². The van der Waals surface area contributed by atoms with Crippen LogP contribution in [0.4, 0.5) is 0 Å². The SMILES string of the molecule is CCN1CCCC1CN(C)C(=O)c1n[nH]c2ccccc12. The van der Waals surface area contributed by atoms with E-state index in [1.54, 1.807) is 4.90 Å². The number of para-hydroxylation sites is 1. The van der Waals surface area contributed by atoms with E-state index in [-0.39, 0.29) is 5.91 Å². The van der Waals surface area contributed by atoms with Crippen LogP contribution in [0.5, 0.6) is 0 Å². The first kappa shape index (κ1) is 14.1. The third-order valence-corrected chi connectivity index (χ3v) is 4.41. The zero-order valence-electron chi connectivity index (χ0n) is 12.7. The Hall–Kier alpha value is -1.88. The van der Waals surface area contributed by atoms with E-state index in [4.69, 9.17) is 0 Å². The molecule has 1 aromatic heterocycles. The van der Waals surface area contributed by atoms with Crippen molar-refractivity contribution >= 4 is 16.8 Å². The molecule has 1 amide bonds. The molecule has 1 aromatic carbocycles. The molecule has 1 fully saturated rings. The van der Waals surface area contributed by atoms with E-state index >= 15 is 0 Å². The first-order valence-corrected chi connectivity index (χ1v) is 7.63. The molecule has 0 spiro atoms. The van der Waals surface area contributed by atoms with Crippen LogP contribution in [0, 0.1) is 0 Å². The molecule has 5 nitrogen and oxygen atoms in total. The van der Waals surface area contributed by atoms with Gasteiger partial charge in [-0.3, -0.25) is 14.8 Å². The topological polar surface area (TPSA) is 52.2 Å². The zero-order valence-corrected chi connectivity index (χ0v) is 12.7. The molecule has 5 heteroatoms. The molecule has 1 atom stereocenters. The van der Waals surface area contributed by atoms with Crippen LogP contribution < -0.4 is 0 Å². The highest BCUT2D eigenvalue weighted by Gasteiger charge is 2.27. The lowest BCUT2D eigenvalue weighted by atomic mass is 10.1. The van der Waals surface area contributed by atoms with Crippen LogP contribution in [0.2, 0.25) is 0 Å². The van der Waals surface area contributed by atoms with Gasteiger partial charge in [-0.05, 0) is 32.0 Å². The summed E-state index contributed by atoms with van der Waals surface area (Å²) < 4.78 is 0. The number of fused-ring (bicyclic) bond motifs is 1. The van der Waals surface area contributed by atoms with Gasteiger partial charge in [-0.15, -0.1) is 0 Å². The fraction of sp³-hybridized carbons (Fsp3) is 0.500. The summed E-state index contributed by atoms with van der Waals surface area (Å²) in [5, 5.41) is 8.03. The van der Waals surface area contributed by atoms with Gasteiger partial charge in [0.25, 0.3) is 5.91 Å². The summed E-state index contributed by atoms with van der Waals surface area (Å²) >= 11 is 0. The number of nitrogens with zero attached hydrogens (tertiary/aromatic N) is 3. The first-order chi connectivity index (χ1) is 10.2. The Morgan fingerprint density at radius 2 is 2.29 bits per heavy atom. The number of likely N-dealkylation sites (tertiary alicyclic amines) is 1. The summed E-state index contributed by atoms with van der Waals surface area (Å²) in [7, 11) is 1.87. The normalized spacial score (nSPS) is 19.2. The second-order valence-corrected chi connectivity index (χ2v) is 5.73. The van der Waals surface area contributed by atoms with Gasteiger partial charge in [0.15, 0.2) is 5.69 Å². The molecule has 21 heavy (non-hydrogen) atoms. The van der Waals surface area contributed by atoms with E-state index in [0.717, 1.165) is 30.5 Å². The van der Waals surface area contributed by atoms with E-state index < -0.39 is 0 Å². The molecular formula is C16H22N4O. The molecule has 1 aliphatic heterocycles. The molecule has 1 aliphatic rings. The van der Waals surface area contributed by atoms with Crippen LogP contribution in [0.15, 0.2) is 24.3 Å². The van der Waals surface area contributed by atoms with E-state index in [9.17, 15) is 4.79 Å². The Morgan fingerprint density at radius 3 is 3.10 bits per heavy atom. The Labute approximate surface area is 124 Å². The number of benzene rings is 1. The Morgan fingerprint density at radius 1 is 1.48 bits per heavy atom. The van der Waals surface area contributed by atoms with Crippen molar-refractivity contribution in [3.63, 3.8) is 0 Å². The molecule has 2 heterocycles. The summed E-state index contributed by atoms with van der Waals surface area (Å²) in [6, 6.07) is 8.23. The second kappa shape index (κ2) is 5.85. The quantitative estimate of drug-likeness (QED) is 0.936. The van der Waals surface area contributed by atoms with Gasteiger partial charge in [0.1, 0.15) is 0 Å². The van der Waals surface area contributed by atoms with Crippen molar-refractivity contribution in [1.82, 2.24) is 20.0 Å². The fourth-order valence-corrected chi connectivity index (χ4v) is 3.22. The van der Waals surface area contributed by atoms with Gasteiger partial charge in [-0.1, -0.05) is 25.1 Å². The molecule has 1 unspecified atom stereocenters. The smallest absolute Gasteiger partial charge is 0.274 e. The number of carbonyl (C=O) groups is 1. The molecule has 3 rings (SSSR count). The van der Waals surface area contributed by atoms with Crippen molar-refractivity contribution in [2.45, 2.75) is 25.8 Å². The van der Waals surface area contributed by atoms with Crippen molar-refractivity contribution in [2.24, 2.45) is 0 Å². The van der Waals surface area contributed by atoms with Crippen molar-refractivity contribution in [3.8, 4) is 0 Å². The van der Waals surface area contributed by atoms with Crippen LogP contribution in [0.1, 0.15) is 30.3 Å². The summed E-state index contributed by atoms with van der Waals surface area (Å²) in [5.74, 6) is -0.00426. The Bertz CT molecular complexity index is 636. The van der Waals surface area contributed by atoms with Gasteiger partial charge in [-0.2, -0.15) is 5.10 Å². The third-order valence-electron chi connectivity index (χ3n) is 4.41. The van der Waals surface area contributed by atoms with E-state index in [2.05, 4.69) is 22.0 Å². The highest BCUT2D eigenvalue weighted by Crippen LogP contribution is 2.20. The van der Waals surface area contributed by atoms with E-state index in [1.807, 2.05) is 31.3 Å². The van der Waals surface area contributed by atoms with Crippen LogP contribution >= 0.6 is 0 Å². The number of hydrogen-bond donors (Lipinski definition) is 1. The molecule has 0 aliphatic carbocycles. The van der Waals surface area contributed by atoms with Crippen molar-refractivity contribution in [2.75, 3.05) is 26.7 Å². The number of H-pyrrole nitrogens is 1. The third kappa shape index (κ3) is 2.65. The molecular weight excluding hydrogens is 264 g/mol.